The van der Waals surface area contributed by atoms with E-state index in [1.165, 1.54) is 11.8 Å². The molecular weight excluding hydrogens is 560 g/mol. The molecule has 3 aromatic rings. The van der Waals surface area contributed by atoms with E-state index in [4.69, 9.17) is 14.7 Å². The van der Waals surface area contributed by atoms with Crippen LogP contribution in [-0.2, 0) is 39.3 Å². The fourth-order valence-electron chi connectivity index (χ4n) is 4.60. The molecule has 1 aliphatic rings. The number of nitrogens with one attached hydrogen (secondary N) is 2. The number of thioether (sulfide) groups is 1. The summed E-state index contributed by atoms with van der Waals surface area (Å²) < 4.78 is 14.4. The number of hydrogen-bond acceptors (Lipinski definition) is 10. The molecule has 0 unspecified atom stereocenters. The van der Waals surface area contributed by atoms with Crippen molar-refractivity contribution < 1.29 is 29.4 Å². The second-order valence-corrected chi connectivity index (χ2v) is 11.2. The summed E-state index contributed by atoms with van der Waals surface area (Å²) in [6, 6.07) is 15.6. The Labute approximate surface area is 249 Å². The third kappa shape index (κ3) is 9.60. The number of amides is 2. The van der Waals surface area contributed by atoms with Gasteiger partial charge in [0.2, 0.25) is 17.0 Å². The highest BCUT2D eigenvalue weighted by molar-refractivity contribution is 7.99. The molecule has 42 heavy (non-hydrogen) atoms. The Morgan fingerprint density at radius 1 is 0.952 bits per heavy atom. The number of hydrogen-bond donors (Lipinski definition) is 4. The van der Waals surface area contributed by atoms with Crippen molar-refractivity contribution in [3.8, 4) is 0 Å². The van der Waals surface area contributed by atoms with Crippen LogP contribution in [-0.4, -0.2) is 54.2 Å². The van der Waals surface area contributed by atoms with E-state index in [2.05, 4.69) is 20.8 Å². The number of aliphatic hydroxyl groups excluding tert-OH is 1. The number of aliphatic hydroxyl groups is 1. The molecule has 226 valence electrons. The van der Waals surface area contributed by atoms with Crippen molar-refractivity contribution in [3.63, 3.8) is 0 Å². The molecule has 2 aromatic carbocycles. The monoisotopic (exact) mass is 598 g/mol. The first-order valence-corrected chi connectivity index (χ1v) is 15.1. The van der Waals surface area contributed by atoms with Crippen molar-refractivity contribution in [2.24, 2.45) is 7.05 Å². The van der Waals surface area contributed by atoms with Crippen LogP contribution in [0.1, 0.15) is 79.6 Å². The van der Waals surface area contributed by atoms with Gasteiger partial charge in [-0.2, -0.15) is 0 Å². The van der Waals surface area contributed by atoms with Crippen molar-refractivity contribution in [3.05, 3.63) is 70.8 Å². The summed E-state index contributed by atoms with van der Waals surface area (Å²) in [5, 5.41) is 33.2. The molecule has 0 aliphatic carbocycles. The van der Waals surface area contributed by atoms with Crippen molar-refractivity contribution in [1.29, 1.82) is 0 Å². The highest BCUT2D eigenvalue weighted by Crippen LogP contribution is 2.39. The van der Waals surface area contributed by atoms with Crippen LogP contribution in [0.3, 0.4) is 0 Å². The predicted molar refractivity (Wildman–Crippen MR) is 154 cm³/mol. The van der Waals surface area contributed by atoms with Gasteiger partial charge >= 0.3 is 0 Å². The number of carbonyl (C=O) groups excluding carboxylic acids is 2. The molecule has 1 fully saturated rings. The molecule has 2 heterocycles. The van der Waals surface area contributed by atoms with E-state index in [1.54, 1.807) is 17.2 Å². The minimum absolute atomic E-state index is 0.0112. The van der Waals surface area contributed by atoms with E-state index >= 15 is 0 Å². The summed E-state index contributed by atoms with van der Waals surface area (Å²) in [6.07, 6.45) is 3.62. The number of benzene rings is 2. The second-order valence-electron chi connectivity index (χ2n) is 10.2. The van der Waals surface area contributed by atoms with E-state index in [1.807, 2.05) is 48.5 Å². The zero-order valence-electron chi connectivity index (χ0n) is 23.6. The van der Waals surface area contributed by atoms with Gasteiger partial charge in [0, 0.05) is 44.2 Å². The van der Waals surface area contributed by atoms with Gasteiger partial charge in [0.15, 0.2) is 6.29 Å². The lowest BCUT2D eigenvalue weighted by Crippen LogP contribution is -2.31. The number of carbonyl (C=O) groups is 2. The summed E-state index contributed by atoms with van der Waals surface area (Å²) in [6.45, 7) is 0.412. The van der Waals surface area contributed by atoms with Gasteiger partial charge in [-0.25, -0.2) is 10.2 Å². The Hall–Kier alpha value is -3.36. The quantitative estimate of drug-likeness (QED) is 0.0882. The lowest BCUT2D eigenvalue weighted by molar-refractivity contribution is -0.245. The number of unbranched alkanes of at least 4 members (excludes halogenated alkanes) is 3. The fourth-order valence-corrected chi connectivity index (χ4v) is 5.46. The van der Waals surface area contributed by atoms with E-state index in [0.717, 1.165) is 41.5 Å². The van der Waals surface area contributed by atoms with Crippen LogP contribution in [0.5, 0.6) is 0 Å². The third-order valence-corrected chi connectivity index (χ3v) is 8.16. The molecular formula is C29H38N6O6S. The Kier molecular flexibility index (Phi) is 12.3. The minimum Gasteiger partial charge on any atom is -0.392 e. The number of ether oxygens (including phenoxy) is 2. The number of nitrogens with zero attached hydrogens (tertiary/aromatic N) is 4. The Morgan fingerprint density at radius 3 is 2.26 bits per heavy atom. The van der Waals surface area contributed by atoms with Gasteiger partial charge in [-0.3, -0.25) is 14.8 Å². The Morgan fingerprint density at radius 2 is 1.62 bits per heavy atom. The predicted octanol–water partition coefficient (Wildman–Crippen LogP) is 3.50. The molecule has 0 saturated carbocycles. The summed E-state index contributed by atoms with van der Waals surface area (Å²) in [7, 11) is 1.80. The molecule has 12 nitrogen and oxygen atoms in total. The average Bonchev–Trinajstić information content (AvgIpc) is 3.44. The normalized spacial score (nSPS) is 18.5. The molecule has 2 amide bonds. The van der Waals surface area contributed by atoms with Crippen LogP contribution in [0.15, 0.2) is 53.7 Å². The molecule has 0 bridgehead atoms. The summed E-state index contributed by atoms with van der Waals surface area (Å²) >= 11 is 1.53. The number of rotatable bonds is 15. The number of tetrazole rings is 1. The van der Waals surface area contributed by atoms with Gasteiger partial charge in [0.1, 0.15) is 0 Å². The van der Waals surface area contributed by atoms with Crippen LogP contribution < -0.4 is 10.8 Å². The first-order chi connectivity index (χ1) is 20.4. The van der Waals surface area contributed by atoms with Gasteiger partial charge in [0.25, 0.3) is 0 Å². The lowest BCUT2D eigenvalue weighted by atomic mass is 10.0. The molecule has 3 atom stereocenters. The highest BCUT2D eigenvalue weighted by atomic mass is 32.2. The SMILES string of the molecule is Cn1nnnc1SC[C@H]1C[C@@H](c2ccc(CO)cc2)O[C@@H](c2ccc(CNC(=O)CCCCCCC(=O)NO)cc2)O1. The van der Waals surface area contributed by atoms with Crippen LogP contribution in [0.4, 0.5) is 0 Å². The van der Waals surface area contributed by atoms with Crippen molar-refractivity contribution in [2.75, 3.05) is 5.75 Å². The topological polar surface area (TPSA) is 161 Å². The number of aryl methyl sites for hydroxylation is 1. The van der Waals surface area contributed by atoms with E-state index in [9.17, 15) is 14.7 Å². The average molecular weight is 599 g/mol. The maximum Gasteiger partial charge on any atom is 0.243 e. The summed E-state index contributed by atoms with van der Waals surface area (Å²) in [5.41, 5.74) is 5.34. The smallest absolute Gasteiger partial charge is 0.243 e. The third-order valence-electron chi connectivity index (χ3n) is 7.02. The molecule has 13 heteroatoms. The van der Waals surface area contributed by atoms with Crippen molar-refractivity contribution in [2.45, 2.75) is 81.8 Å². The maximum absolute atomic E-state index is 12.3. The first-order valence-electron chi connectivity index (χ1n) is 14.1. The first kappa shape index (κ1) is 31.6. The molecule has 1 aromatic heterocycles. The molecule has 4 rings (SSSR count). The van der Waals surface area contributed by atoms with Crippen LogP contribution in [0.2, 0.25) is 0 Å². The van der Waals surface area contributed by atoms with Gasteiger partial charge < -0.3 is 19.9 Å². The van der Waals surface area contributed by atoms with E-state index < -0.39 is 6.29 Å². The largest absolute Gasteiger partial charge is 0.392 e. The van der Waals surface area contributed by atoms with Gasteiger partial charge in [-0.05, 0) is 40.0 Å². The lowest BCUT2D eigenvalue weighted by Gasteiger charge is -2.36. The molecule has 4 N–H and O–H groups in total. The molecule has 1 saturated heterocycles. The minimum atomic E-state index is -0.573. The van der Waals surface area contributed by atoms with E-state index in [-0.39, 0.29) is 37.0 Å². The Balaban J connectivity index is 1.30. The fraction of sp³-hybridized carbons (Fsp3) is 0.483. The second kappa shape index (κ2) is 16.3. The number of aromatic nitrogens is 4. The maximum atomic E-state index is 12.3. The van der Waals surface area contributed by atoms with Gasteiger partial charge in [0.05, 0.1) is 18.8 Å². The summed E-state index contributed by atoms with van der Waals surface area (Å²) in [5.74, 6) is 0.254. The van der Waals surface area contributed by atoms with Crippen LogP contribution >= 0.6 is 11.8 Å². The zero-order chi connectivity index (χ0) is 29.7. The van der Waals surface area contributed by atoms with Crippen LogP contribution in [0.25, 0.3) is 0 Å². The van der Waals surface area contributed by atoms with E-state index in [0.29, 0.717) is 36.7 Å². The van der Waals surface area contributed by atoms with Crippen molar-refractivity contribution >= 4 is 23.6 Å². The highest BCUT2D eigenvalue weighted by Gasteiger charge is 2.32. The van der Waals surface area contributed by atoms with Gasteiger partial charge in [-0.1, -0.05) is 73.1 Å². The zero-order valence-corrected chi connectivity index (χ0v) is 24.5. The van der Waals surface area contributed by atoms with Crippen LogP contribution in [0, 0.1) is 0 Å². The number of hydroxylamine groups is 1. The van der Waals surface area contributed by atoms with Gasteiger partial charge in [-0.15, -0.1) is 5.10 Å². The van der Waals surface area contributed by atoms with Crippen molar-refractivity contribution in [1.82, 2.24) is 31.0 Å². The Bertz CT molecular complexity index is 1270. The molecule has 0 spiro atoms. The standard InChI is InChI=1S/C29H38N6O6S/c1-35-29(31-33-34-35)42-19-24-16-25(22-12-10-21(18-36)11-13-22)41-28(40-24)23-14-8-20(9-15-23)17-30-26(37)6-4-2-3-5-7-27(38)32-39/h8-15,24-25,28,36,39H,2-7,16-19H2,1H3,(H,30,37)(H,32,38)/t24-,25+,28+/m1/s1. The molecule has 1 aliphatic heterocycles. The molecule has 0 radical (unpaired) electrons. The summed E-state index contributed by atoms with van der Waals surface area (Å²) in [4.78, 5) is 23.3.